The van der Waals surface area contributed by atoms with E-state index in [2.05, 4.69) is 10.2 Å². The first-order valence-electron chi connectivity index (χ1n) is 12.9. The molecule has 0 aromatic heterocycles. The average Bonchev–Trinajstić information content (AvgIpc) is 2.90. The minimum absolute atomic E-state index is 0.123. The smallest absolute Gasteiger partial charge is 0.338 e. The summed E-state index contributed by atoms with van der Waals surface area (Å²) in [6, 6.07) is 10.8. The molecule has 1 saturated heterocycles. The molecule has 208 valence electrons. The Morgan fingerprint density at radius 1 is 1.03 bits per heavy atom. The van der Waals surface area contributed by atoms with Crippen LogP contribution in [0.15, 0.2) is 53.7 Å². The lowest BCUT2D eigenvalue weighted by atomic mass is 9.93. The Hall–Kier alpha value is -2.78. The monoisotopic (exact) mass is 592 g/mol. The van der Waals surface area contributed by atoms with Gasteiger partial charge in [-0.25, -0.2) is 9.59 Å². The number of ether oxygens (including phenoxy) is 1. The quantitative estimate of drug-likeness (QED) is 0.435. The number of piperazine rings is 1. The molecule has 2 aromatic rings. The Kier molecular flexibility index (Phi) is 9.43. The lowest BCUT2D eigenvalue weighted by molar-refractivity contribution is -0.139. The molecule has 1 fully saturated rings. The van der Waals surface area contributed by atoms with E-state index in [4.69, 9.17) is 39.5 Å². The Bertz CT molecular complexity index is 1300. The molecule has 0 aliphatic carbocycles. The van der Waals surface area contributed by atoms with Crippen molar-refractivity contribution in [3.05, 3.63) is 79.9 Å². The third-order valence-electron chi connectivity index (χ3n) is 6.99. The number of hydrogen-bond acceptors (Lipinski definition) is 5. The molecule has 8 nitrogen and oxygen atoms in total. The van der Waals surface area contributed by atoms with Crippen molar-refractivity contribution < 1.29 is 19.1 Å². The molecule has 3 amide bonds. The Balaban J connectivity index is 1.66. The number of likely N-dealkylation sites (N-methyl/N-ethyl adjacent to an activating group) is 1. The zero-order valence-electron chi connectivity index (χ0n) is 22.0. The number of hydrogen-bond donors (Lipinski definition) is 1. The number of carbonyl (C=O) groups excluding carboxylic acids is 3. The van der Waals surface area contributed by atoms with Gasteiger partial charge in [0.05, 0.1) is 38.9 Å². The maximum absolute atomic E-state index is 13.4. The van der Waals surface area contributed by atoms with Gasteiger partial charge < -0.3 is 15.0 Å². The van der Waals surface area contributed by atoms with Gasteiger partial charge in [-0.05, 0) is 44.5 Å². The summed E-state index contributed by atoms with van der Waals surface area (Å²) < 4.78 is 5.45. The summed E-state index contributed by atoms with van der Waals surface area (Å²) in [5.41, 5.74) is 1.83. The lowest BCUT2D eigenvalue weighted by Crippen LogP contribution is -2.56. The van der Waals surface area contributed by atoms with Gasteiger partial charge in [0, 0.05) is 44.5 Å². The predicted molar refractivity (Wildman–Crippen MR) is 152 cm³/mol. The molecule has 1 N–H and O–H groups in total. The van der Waals surface area contributed by atoms with Crippen LogP contribution in [-0.4, -0.2) is 78.0 Å². The average molecular weight is 594 g/mol. The van der Waals surface area contributed by atoms with Crippen molar-refractivity contribution in [2.45, 2.75) is 32.9 Å². The van der Waals surface area contributed by atoms with Crippen molar-refractivity contribution in [3.8, 4) is 0 Å². The van der Waals surface area contributed by atoms with E-state index in [1.165, 1.54) is 0 Å². The van der Waals surface area contributed by atoms with Crippen molar-refractivity contribution in [2.24, 2.45) is 0 Å². The van der Waals surface area contributed by atoms with Crippen LogP contribution in [0.3, 0.4) is 0 Å². The van der Waals surface area contributed by atoms with E-state index in [1.807, 2.05) is 13.8 Å². The number of esters is 1. The predicted octanol–water partition coefficient (Wildman–Crippen LogP) is 5.40. The van der Waals surface area contributed by atoms with Crippen LogP contribution < -0.4 is 5.32 Å². The van der Waals surface area contributed by atoms with Crippen LogP contribution in [0, 0.1) is 0 Å². The van der Waals surface area contributed by atoms with Crippen molar-refractivity contribution in [3.63, 3.8) is 0 Å². The van der Waals surface area contributed by atoms with Gasteiger partial charge in [-0.3, -0.25) is 14.6 Å². The molecule has 0 saturated carbocycles. The molecule has 2 atom stereocenters. The number of halogens is 3. The lowest BCUT2D eigenvalue weighted by Gasteiger charge is -2.43. The fourth-order valence-corrected chi connectivity index (χ4v) is 5.75. The summed E-state index contributed by atoms with van der Waals surface area (Å²) in [5.74, 6) is -0.658. The van der Waals surface area contributed by atoms with Crippen molar-refractivity contribution in [1.29, 1.82) is 0 Å². The summed E-state index contributed by atoms with van der Waals surface area (Å²) in [6.45, 7) is 7.93. The molecule has 0 spiro atoms. The van der Waals surface area contributed by atoms with E-state index in [-0.39, 0.29) is 29.6 Å². The first kappa shape index (κ1) is 29.2. The summed E-state index contributed by atoms with van der Waals surface area (Å²) >= 11 is 19.1. The van der Waals surface area contributed by atoms with E-state index in [1.54, 1.807) is 59.2 Å². The normalized spacial score (nSPS) is 20.2. The van der Waals surface area contributed by atoms with Gasteiger partial charge >= 0.3 is 12.0 Å². The fourth-order valence-electron chi connectivity index (χ4n) is 5.11. The minimum atomic E-state index is -0.832. The molecule has 11 heteroatoms. The highest BCUT2D eigenvalue weighted by Crippen LogP contribution is 2.38. The van der Waals surface area contributed by atoms with E-state index in [0.717, 1.165) is 0 Å². The molecular formula is C28H31Cl3N4O4. The minimum Gasteiger partial charge on any atom is -0.463 e. The summed E-state index contributed by atoms with van der Waals surface area (Å²) in [4.78, 5) is 45.3. The number of benzene rings is 2. The summed E-state index contributed by atoms with van der Waals surface area (Å²) in [7, 11) is 0. The molecule has 2 aliphatic heterocycles. The maximum atomic E-state index is 13.4. The standard InChI is InChI=1S/C28H31Cl3N4O4/c1-4-34-22(16-33-13-14-35(17(3)15-33)26(36)18-9-6-7-11-20(18)29)23(27(37)39-5-2)25(32-28(34)38)19-10-8-12-21(30)24(19)31/h6-12,17,25H,4-5,13-16H2,1-3H3,(H,32,38)/t17-,25-/m1/s1. The third-order valence-corrected chi connectivity index (χ3v) is 8.16. The number of carbonyl (C=O) groups is 3. The SMILES string of the molecule is CCOC(=O)C1=C(CN2CCN(C(=O)c3ccccc3Cl)[C@H](C)C2)N(CC)C(=O)N[C@@H]1c1cccc(Cl)c1Cl. The van der Waals surface area contributed by atoms with Crippen LogP contribution in [0.1, 0.15) is 42.7 Å². The van der Waals surface area contributed by atoms with Gasteiger partial charge in [-0.2, -0.15) is 0 Å². The van der Waals surface area contributed by atoms with Gasteiger partial charge in [0.1, 0.15) is 0 Å². The molecular weight excluding hydrogens is 563 g/mol. The largest absolute Gasteiger partial charge is 0.463 e. The van der Waals surface area contributed by atoms with E-state index < -0.39 is 12.0 Å². The van der Waals surface area contributed by atoms with Gasteiger partial charge in [-0.15, -0.1) is 0 Å². The molecule has 0 bridgehead atoms. The highest BCUT2D eigenvalue weighted by atomic mass is 35.5. The second kappa shape index (κ2) is 12.6. The fraction of sp³-hybridized carbons (Fsp3) is 0.393. The Morgan fingerprint density at radius 3 is 2.41 bits per heavy atom. The van der Waals surface area contributed by atoms with E-state index in [9.17, 15) is 14.4 Å². The number of urea groups is 1. The first-order chi connectivity index (χ1) is 18.7. The van der Waals surface area contributed by atoms with Crippen LogP contribution in [0.25, 0.3) is 0 Å². The second-order valence-corrected chi connectivity index (χ2v) is 10.6. The molecule has 39 heavy (non-hydrogen) atoms. The first-order valence-corrected chi connectivity index (χ1v) is 14.0. The third kappa shape index (κ3) is 6.04. The van der Waals surface area contributed by atoms with Gasteiger partial charge in [-0.1, -0.05) is 59.1 Å². The molecule has 2 aliphatic rings. The van der Waals surface area contributed by atoms with Crippen LogP contribution in [0.2, 0.25) is 15.1 Å². The topological polar surface area (TPSA) is 82.2 Å². The number of nitrogens with one attached hydrogen (secondary N) is 1. The molecule has 2 aromatic carbocycles. The maximum Gasteiger partial charge on any atom is 0.338 e. The molecule has 2 heterocycles. The van der Waals surface area contributed by atoms with Gasteiger partial charge in [0.25, 0.3) is 5.91 Å². The summed E-state index contributed by atoms with van der Waals surface area (Å²) in [6.07, 6.45) is 0. The second-order valence-electron chi connectivity index (χ2n) is 9.41. The van der Waals surface area contributed by atoms with Crippen LogP contribution in [0.5, 0.6) is 0 Å². The zero-order chi connectivity index (χ0) is 28.3. The summed E-state index contributed by atoms with van der Waals surface area (Å²) in [5, 5.41) is 3.91. The molecule has 0 radical (unpaired) electrons. The van der Waals surface area contributed by atoms with Crippen molar-refractivity contribution >= 4 is 52.7 Å². The van der Waals surface area contributed by atoms with Crippen LogP contribution in [-0.2, 0) is 9.53 Å². The highest BCUT2D eigenvalue weighted by molar-refractivity contribution is 6.42. The Labute approximate surface area is 243 Å². The van der Waals surface area contributed by atoms with Gasteiger partial charge in [0.2, 0.25) is 0 Å². The van der Waals surface area contributed by atoms with Crippen molar-refractivity contribution in [1.82, 2.24) is 20.0 Å². The zero-order valence-corrected chi connectivity index (χ0v) is 24.3. The van der Waals surface area contributed by atoms with E-state index >= 15 is 0 Å². The molecule has 0 unspecified atom stereocenters. The van der Waals surface area contributed by atoms with Crippen LogP contribution >= 0.6 is 34.8 Å². The van der Waals surface area contributed by atoms with Gasteiger partial charge in [0.15, 0.2) is 0 Å². The number of amides is 3. The number of rotatable bonds is 7. The Morgan fingerprint density at radius 2 is 1.74 bits per heavy atom. The van der Waals surface area contributed by atoms with Crippen LogP contribution in [0.4, 0.5) is 4.79 Å². The highest BCUT2D eigenvalue weighted by Gasteiger charge is 2.40. The van der Waals surface area contributed by atoms with E-state index in [0.29, 0.717) is 65.2 Å². The molecule has 4 rings (SSSR count). The number of nitrogens with zero attached hydrogens (tertiary/aromatic N) is 3. The van der Waals surface area contributed by atoms with Crippen molar-refractivity contribution in [2.75, 3.05) is 39.3 Å².